The molecular weight excluding hydrogens is 212 g/mol. The number of hydrogen-bond acceptors (Lipinski definition) is 2. The van der Waals surface area contributed by atoms with Gasteiger partial charge in [0.05, 0.1) is 11.6 Å². The summed E-state index contributed by atoms with van der Waals surface area (Å²) in [7, 11) is 0. The van der Waals surface area contributed by atoms with Crippen molar-refractivity contribution in [2.75, 3.05) is 0 Å². The minimum Gasteiger partial charge on any atom is -0.349 e. The first kappa shape index (κ1) is 13.2. The van der Waals surface area contributed by atoms with Crippen LogP contribution >= 0.6 is 0 Å². The molecule has 0 bridgehead atoms. The molecule has 90 valence electrons. The first-order chi connectivity index (χ1) is 8.08. The van der Waals surface area contributed by atoms with E-state index in [1.165, 1.54) is 0 Å². The number of carbonyl (C=O) groups excluding carboxylic acids is 1. The number of nitriles is 1. The third-order valence-corrected chi connectivity index (χ3v) is 3.13. The molecule has 1 rings (SSSR count). The molecule has 1 amide bonds. The summed E-state index contributed by atoms with van der Waals surface area (Å²) in [5, 5.41) is 11.6. The maximum atomic E-state index is 11.9. The van der Waals surface area contributed by atoms with Crippen LogP contribution in [-0.4, -0.2) is 11.9 Å². The van der Waals surface area contributed by atoms with Gasteiger partial charge in [0.25, 0.3) is 5.91 Å². The number of carbonyl (C=O) groups is 1. The molecule has 2 unspecified atom stereocenters. The summed E-state index contributed by atoms with van der Waals surface area (Å²) in [6.45, 7) is 6.23. The molecule has 0 saturated carbocycles. The molecule has 0 radical (unpaired) electrons. The Labute approximate surface area is 102 Å². The lowest BCUT2D eigenvalue weighted by molar-refractivity contribution is 0.0928. The third kappa shape index (κ3) is 3.60. The van der Waals surface area contributed by atoms with Crippen LogP contribution < -0.4 is 5.32 Å². The van der Waals surface area contributed by atoms with Gasteiger partial charge in [0.2, 0.25) is 0 Å². The van der Waals surface area contributed by atoms with Crippen molar-refractivity contribution < 1.29 is 4.79 Å². The second-order valence-electron chi connectivity index (χ2n) is 4.34. The van der Waals surface area contributed by atoms with E-state index < -0.39 is 0 Å². The Morgan fingerprint density at radius 3 is 2.41 bits per heavy atom. The first-order valence-electron chi connectivity index (χ1n) is 5.89. The van der Waals surface area contributed by atoms with E-state index in [-0.39, 0.29) is 11.9 Å². The van der Waals surface area contributed by atoms with Crippen LogP contribution in [0.3, 0.4) is 0 Å². The molecule has 0 aliphatic carbocycles. The maximum absolute atomic E-state index is 11.9. The number of nitrogens with zero attached hydrogens (tertiary/aromatic N) is 1. The average molecular weight is 230 g/mol. The molecule has 0 aliphatic rings. The lowest BCUT2D eigenvalue weighted by atomic mass is 10.0. The van der Waals surface area contributed by atoms with Crippen LogP contribution in [0.5, 0.6) is 0 Å². The van der Waals surface area contributed by atoms with Crippen LogP contribution in [0.15, 0.2) is 24.3 Å². The Balaban J connectivity index is 2.67. The Hall–Kier alpha value is -1.82. The van der Waals surface area contributed by atoms with Crippen molar-refractivity contribution in [3.63, 3.8) is 0 Å². The Bertz CT molecular complexity index is 417. The SMILES string of the molecule is CCC(C)C(C)NC(=O)c1ccc(C#N)cc1. The predicted octanol–water partition coefficient (Wildman–Crippen LogP) is 2.72. The van der Waals surface area contributed by atoms with Gasteiger partial charge in [-0.25, -0.2) is 0 Å². The van der Waals surface area contributed by atoms with Crippen molar-refractivity contribution >= 4 is 5.91 Å². The molecule has 0 fully saturated rings. The molecule has 17 heavy (non-hydrogen) atoms. The van der Waals surface area contributed by atoms with Gasteiger partial charge >= 0.3 is 0 Å². The summed E-state index contributed by atoms with van der Waals surface area (Å²) < 4.78 is 0. The van der Waals surface area contributed by atoms with Crippen molar-refractivity contribution in [2.45, 2.75) is 33.2 Å². The van der Waals surface area contributed by atoms with E-state index in [0.717, 1.165) is 6.42 Å². The van der Waals surface area contributed by atoms with E-state index in [0.29, 0.717) is 17.0 Å². The summed E-state index contributed by atoms with van der Waals surface area (Å²) in [6, 6.07) is 8.85. The van der Waals surface area contributed by atoms with Crippen molar-refractivity contribution in [2.24, 2.45) is 5.92 Å². The second kappa shape index (κ2) is 6.05. The number of amides is 1. The zero-order chi connectivity index (χ0) is 12.8. The van der Waals surface area contributed by atoms with Gasteiger partial charge in [-0.05, 0) is 37.1 Å². The molecule has 3 nitrogen and oxygen atoms in total. The maximum Gasteiger partial charge on any atom is 0.251 e. The van der Waals surface area contributed by atoms with Crippen LogP contribution in [0.4, 0.5) is 0 Å². The van der Waals surface area contributed by atoms with Gasteiger partial charge < -0.3 is 5.32 Å². The second-order valence-corrected chi connectivity index (χ2v) is 4.34. The summed E-state index contributed by atoms with van der Waals surface area (Å²) in [5.74, 6) is 0.375. The topological polar surface area (TPSA) is 52.9 Å². The van der Waals surface area contributed by atoms with E-state index in [1.54, 1.807) is 24.3 Å². The number of hydrogen-bond donors (Lipinski definition) is 1. The lowest BCUT2D eigenvalue weighted by Gasteiger charge is -2.19. The Morgan fingerprint density at radius 2 is 1.94 bits per heavy atom. The van der Waals surface area contributed by atoms with Crippen LogP contribution in [-0.2, 0) is 0 Å². The fourth-order valence-electron chi connectivity index (χ4n) is 1.48. The average Bonchev–Trinajstić information content (AvgIpc) is 2.37. The number of rotatable bonds is 4. The lowest BCUT2D eigenvalue weighted by Crippen LogP contribution is -2.36. The summed E-state index contributed by atoms with van der Waals surface area (Å²) >= 11 is 0. The molecule has 0 saturated heterocycles. The summed E-state index contributed by atoms with van der Waals surface area (Å²) in [4.78, 5) is 11.9. The first-order valence-corrected chi connectivity index (χ1v) is 5.89. The molecule has 1 aromatic rings. The van der Waals surface area contributed by atoms with Crippen LogP contribution in [0.25, 0.3) is 0 Å². The van der Waals surface area contributed by atoms with Gasteiger partial charge in [0.1, 0.15) is 0 Å². The molecule has 1 N–H and O–H groups in total. The highest BCUT2D eigenvalue weighted by molar-refractivity contribution is 5.94. The Kier molecular flexibility index (Phi) is 4.71. The minimum absolute atomic E-state index is 0.0812. The van der Waals surface area contributed by atoms with E-state index in [4.69, 9.17) is 5.26 Å². The van der Waals surface area contributed by atoms with Crippen LogP contribution in [0, 0.1) is 17.2 Å². The quantitative estimate of drug-likeness (QED) is 0.864. The molecule has 0 aliphatic heterocycles. The molecule has 0 aromatic heterocycles. The highest BCUT2D eigenvalue weighted by Crippen LogP contribution is 2.09. The van der Waals surface area contributed by atoms with Crippen molar-refractivity contribution in [1.82, 2.24) is 5.32 Å². The third-order valence-electron chi connectivity index (χ3n) is 3.13. The van der Waals surface area contributed by atoms with Gasteiger partial charge in [0.15, 0.2) is 0 Å². The van der Waals surface area contributed by atoms with E-state index in [1.807, 2.05) is 13.0 Å². The molecule has 1 aromatic carbocycles. The normalized spacial score (nSPS) is 13.5. The molecule has 2 atom stereocenters. The zero-order valence-electron chi connectivity index (χ0n) is 10.5. The Morgan fingerprint density at radius 1 is 1.35 bits per heavy atom. The van der Waals surface area contributed by atoms with Crippen molar-refractivity contribution in [3.05, 3.63) is 35.4 Å². The highest BCUT2D eigenvalue weighted by Gasteiger charge is 2.14. The molecule has 0 heterocycles. The molecule has 3 heteroatoms. The minimum atomic E-state index is -0.0812. The smallest absolute Gasteiger partial charge is 0.251 e. The number of nitrogens with one attached hydrogen (secondary N) is 1. The van der Waals surface area contributed by atoms with Crippen LogP contribution in [0.1, 0.15) is 43.1 Å². The largest absolute Gasteiger partial charge is 0.349 e. The van der Waals surface area contributed by atoms with E-state index in [9.17, 15) is 4.79 Å². The van der Waals surface area contributed by atoms with Gasteiger partial charge in [-0.1, -0.05) is 20.3 Å². The molecule has 0 spiro atoms. The van der Waals surface area contributed by atoms with Gasteiger partial charge in [0, 0.05) is 11.6 Å². The molecular formula is C14H18N2O. The summed E-state index contributed by atoms with van der Waals surface area (Å²) in [5.41, 5.74) is 1.16. The summed E-state index contributed by atoms with van der Waals surface area (Å²) in [6.07, 6.45) is 1.04. The fraction of sp³-hybridized carbons (Fsp3) is 0.429. The highest BCUT2D eigenvalue weighted by atomic mass is 16.1. The zero-order valence-corrected chi connectivity index (χ0v) is 10.5. The monoisotopic (exact) mass is 230 g/mol. The standard InChI is InChI=1S/C14H18N2O/c1-4-10(2)11(3)16-14(17)13-7-5-12(9-15)6-8-13/h5-8,10-11H,4H2,1-3H3,(H,16,17). The fourth-order valence-corrected chi connectivity index (χ4v) is 1.48. The van der Waals surface area contributed by atoms with Crippen molar-refractivity contribution in [1.29, 1.82) is 5.26 Å². The van der Waals surface area contributed by atoms with Gasteiger partial charge in [-0.3, -0.25) is 4.79 Å². The van der Waals surface area contributed by atoms with Gasteiger partial charge in [-0.15, -0.1) is 0 Å². The van der Waals surface area contributed by atoms with E-state index >= 15 is 0 Å². The number of benzene rings is 1. The van der Waals surface area contributed by atoms with Gasteiger partial charge in [-0.2, -0.15) is 5.26 Å². The van der Waals surface area contributed by atoms with Crippen LogP contribution in [0.2, 0.25) is 0 Å². The predicted molar refractivity (Wildman–Crippen MR) is 67.5 cm³/mol. The van der Waals surface area contributed by atoms with Crippen molar-refractivity contribution in [3.8, 4) is 6.07 Å². The van der Waals surface area contributed by atoms with E-state index in [2.05, 4.69) is 19.2 Å².